The standard InChI is InChI=1S/C24H29N3O4/c28-22-16-31-15-21(27(22)14-17-5-2-1-3-6-17)23(29)18-8-10-20(11-9-18)26-24(30)19-7-4-12-25-13-19/h4,7-13,17,21,23,29H,1-3,5-6,14-16H2,(H,26,30)/t21-,23-/m1/s1. The van der Waals surface area contributed by atoms with Crippen molar-refractivity contribution >= 4 is 17.5 Å². The summed E-state index contributed by atoms with van der Waals surface area (Å²) in [5.74, 6) is 0.197. The number of amides is 2. The molecule has 0 radical (unpaired) electrons. The van der Waals surface area contributed by atoms with Gasteiger partial charge in [0.25, 0.3) is 5.91 Å². The number of nitrogens with one attached hydrogen (secondary N) is 1. The number of pyridine rings is 1. The number of ether oxygens (including phenoxy) is 1. The lowest BCUT2D eigenvalue weighted by Gasteiger charge is -2.40. The van der Waals surface area contributed by atoms with E-state index in [0.717, 1.165) is 12.8 Å². The summed E-state index contributed by atoms with van der Waals surface area (Å²) < 4.78 is 5.47. The van der Waals surface area contributed by atoms with Crippen molar-refractivity contribution < 1.29 is 19.4 Å². The Kier molecular flexibility index (Phi) is 6.94. The number of morpholine rings is 1. The van der Waals surface area contributed by atoms with Crippen LogP contribution in [-0.4, -0.2) is 52.6 Å². The molecule has 1 saturated carbocycles. The van der Waals surface area contributed by atoms with Crippen molar-refractivity contribution in [2.45, 2.75) is 44.2 Å². The summed E-state index contributed by atoms with van der Waals surface area (Å²) >= 11 is 0. The topological polar surface area (TPSA) is 91.8 Å². The lowest BCUT2D eigenvalue weighted by atomic mass is 9.88. The van der Waals surface area contributed by atoms with Crippen LogP contribution in [0.4, 0.5) is 5.69 Å². The van der Waals surface area contributed by atoms with Gasteiger partial charge in [-0.05, 0) is 48.6 Å². The van der Waals surface area contributed by atoms with E-state index in [1.54, 1.807) is 42.6 Å². The predicted molar refractivity (Wildman–Crippen MR) is 116 cm³/mol. The van der Waals surface area contributed by atoms with E-state index in [9.17, 15) is 14.7 Å². The Morgan fingerprint density at radius 3 is 2.68 bits per heavy atom. The molecular weight excluding hydrogens is 394 g/mol. The second-order valence-electron chi connectivity index (χ2n) is 8.40. The lowest BCUT2D eigenvalue weighted by molar-refractivity contribution is -0.155. The van der Waals surface area contributed by atoms with E-state index < -0.39 is 12.1 Å². The van der Waals surface area contributed by atoms with Gasteiger partial charge in [0.2, 0.25) is 5.91 Å². The molecule has 2 heterocycles. The first-order chi connectivity index (χ1) is 15.1. The highest BCUT2D eigenvalue weighted by Gasteiger charge is 2.36. The average molecular weight is 424 g/mol. The molecule has 164 valence electrons. The highest BCUT2D eigenvalue weighted by Crippen LogP contribution is 2.30. The number of rotatable bonds is 6. The average Bonchev–Trinajstić information content (AvgIpc) is 2.82. The van der Waals surface area contributed by atoms with E-state index >= 15 is 0 Å². The normalized spacial score (nSPS) is 21.0. The van der Waals surface area contributed by atoms with Gasteiger partial charge in [-0.2, -0.15) is 0 Å². The van der Waals surface area contributed by atoms with Crippen molar-refractivity contribution in [3.63, 3.8) is 0 Å². The van der Waals surface area contributed by atoms with Crippen molar-refractivity contribution in [2.75, 3.05) is 25.1 Å². The van der Waals surface area contributed by atoms with Gasteiger partial charge in [0.15, 0.2) is 0 Å². The highest BCUT2D eigenvalue weighted by molar-refractivity contribution is 6.04. The zero-order chi connectivity index (χ0) is 21.6. The summed E-state index contributed by atoms with van der Waals surface area (Å²) in [4.78, 5) is 30.6. The fraction of sp³-hybridized carbons (Fsp3) is 0.458. The van der Waals surface area contributed by atoms with Crippen molar-refractivity contribution in [1.29, 1.82) is 0 Å². The van der Waals surface area contributed by atoms with Gasteiger partial charge in [-0.15, -0.1) is 0 Å². The molecule has 4 rings (SSSR count). The monoisotopic (exact) mass is 423 g/mol. The molecule has 1 aliphatic carbocycles. The fourth-order valence-corrected chi connectivity index (χ4v) is 4.46. The highest BCUT2D eigenvalue weighted by atomic mass is 16.5. The number of aliphatic hydroxyl groups excluding tert-OH is 1. The van der Waals surface area contributed by atoms with Gasteiger partial charge in [0.05, 0.1) is 18.2 Å². The van der Waals surface area contributed by atoms with Crippen molar-refractivity contribution in [2.24, 2.45) is 5.92 Å². The Hall–Kier alpha value is -2.77. The zero-order valence-electron chi connectivity index (χ0n) is 17.6. The molecule has 2 fully saturated rings. The molecule has 2 aromatic rings. The number of carbonyl (C=O) groups excluding carboxylic acids is 2. The van der Waals surface area contributed by atoms with Crippen LogP contribution in [0.15, 0.2) is 48.8 Å². The fourth-order valence-electron chi connectivity index (χ4n) is 4.46. The number of aromatic nitrogens is 1. The van der Waals surface area contributed by atoms with Crippen LogP contribution in [0.1, 0.15) is 54.1 Å². The van der Waals surface area contributed by atoms with E-state index in [-0.39, 0.29) is 18.4 Å². The van der Waals surface area contributed by atoms with E-state index in [4.69, 9.17) is 4.74 Å². The summed E-state index contributed by atoms with van der Waals surface area (Å²) in [5.41, 5.74) is 1.79. The molecule has 0 spiro atoms. The molecule has 1 aromatic heterocycles. The smallest absolute Gasteiger partial charge is 0.257 e. The van der Waals surface area contributed by atoms with E-state index in [0.29, 0.717) is 35.9 Å². The second-order valence-corrected chi connectivity index (χ2v) is 8.40. The predicted octanol–water partition coefficient (Wildman–Crippen LogP) is 3.18. The minimum absolute atomic E-state index is 0.0544. The van der Waals surface area contributed by atoms with E-state index in [1.165, 1.54) is 25.5 Å². The van der Waals surface area contributed by atoms with Crippen LogP contribution >= 0.6 is 0 Å². The van der Waals surface area contributed by atoms with Crippen LogP contribution in [0.5, 0.6) is 0 Å². The maximum atomic E-state index is 12.6. The summed E-state index contributed by atoms with van der Waals surface area (Å²) in [7, 11) is 0. The third kappa shape index (κ3) is 5.29. The largest absolute Gasteiger partial charge is 0.386 e. The number of aliphatic hydroxyl groups is 1. The minimum atomic E-state index is -0.851. The molecular formula is C24H29N3O4. The molecule has 1 saturated heterocycles. The van der Waals surface area contributed by atoms with Crippen LogP contribution < -0.4 is 5.32 Å². The van der Waals surface area contributed by atoms with Gasteiger partial charge in [-0.25, -0.2) is 0 Å². The van der Waals surface area contributed by atoms with Gasteiger partial charge >= 0.3 is 0 Å². The molecule has 7 heteroatoms. The third-order valence-corrected chi connectivity index (χ3v) is 6.21. The maximum absolute atomic E-state index is 12.6. The summed E-state index contributed by atoms with van der Waals surface area (Å²) in [6, 6.07) is 10.1. The zero-order valence-corrected chi connectivity index (χ0v) is 17.6. The van der Waals surface area contributed by atoms with Crippen LogP contribution in [0.25, 0.3) is 0 Å². The maximum Gasteiger partial charge on any atom is 0.257 e. The van der Waals surface area contributed by atoms with Crippen LogP contribution in [0.3, 0.4) is 0 Å². The first-order valence-electron chi connectivity index (χ1n) is 11.0. The Balaban J connectivity index is 1.42. The first-order valence-corrected chi connectivity index (χ1v) is 11.0. The van der Waals surface area contributed by atoms with Gasteiger partial charge in [0, 0.05) is 24.6 Å². The Morgan fingerprint density at radius 2 is 1.97 bits per heavy atom. The molecule has 0 unspecified atom stereocenters. The first kappa shape index (κ1) is 21.5. The second kappa shape index (κ2) is 10.0. The SMILES string of the molecule is O=C(Nc1ccc([C@@H](O)[C@H]2COCC(=O)N2CC2CCCCC2)cc1)c1cccnc1. The quantitative estimate of drug-likeness (QED) is 0.745. The number of hydrogen-bond donors (Lipinski definition) is 2. The molecule has 1 aromatic carbocycles. The number of benzene rings is 1. The summed E-state index contributed by atoms with van der Waals surface area (Å²) in [5, 5.41) is 13.9. The van der Waals surface area contributed by atoms with E-state index in [1.807, 2.05) is 4.90 Å². The number of nitrogens with zero attached hydrogens (tertiary/aromatic N) is 2. The number of carbonyl (C=O) groups is 2. The molecule has 31 heavy (non-hydrogen) atoms. The van der Waals surface area contributed by atoms with Crippen molar-refractivity contribution in [3.05, 3.63) is 59.9 Å². The molecule has 2 N–H and O–H groups in total. The molecule has 2 atom stereocenters. The van der Waals surface area contributed by atoms with Crippen LogP contribution in [-0.2, 0) is 9.53 Å². The van der Waals surface area contributed by atoms with Gasteiger partial charge in [-0.1, -0.05) is 31.4 Å². The van der Waals surface area contributed by atoms with Gasteiger partial charge in [-0.3, -0.25) is 14.6 Å². The number of anilines is 1. The lowest BCUT2D eigenvalue weighted by Crippen LogP contribution is -2.53. The van der Waals surface area contributed by atoms with Crippen LogP contribution in [0, 0.1) is 5.92 Å². The van der Waals surface area contributed by atoms with Crippen molar-refractivity contribution in [1.82, 2.24) is 9.88 Å². The molecule has 7 nitrogen and oxygen atoms in total. The van der Waals surface area contributed by atoms with Gasteiger partial charge in [0.1, 0.15) is 12.7 Å². The minimum Gasteiger partial charge on any atom is -0.386 e. The molecule has 1 aliphatic heterocycles. The van der Waals surface area contributed by atoms with Crippen LogP contribution in [0.2, 0.25) is 0 Å². The summed E-state index contributed by atoms with van der Waals surface area (Å²) in [6.07, 6.45) is 8.24. The van der Waals surface area contributed by atoms with E-state index in [2.05, 4.69) is 10.3 Å². The summed E-state index contributed by atoms with van der Waals surface area (Å²) in [6.45, 7) is 1.08. The molecule has 2 amide bonds. The van der Waals surface area contributed by atoms with Gasteiger partial charge < -0.3 is 20.1 Å². The molecule has 0 bridgehead atoms. The molecule has 2 aliphatic rings. The Morgan fingerprint density at radius 1 is 1.19 bits per heavy atom. The number of hydrogen-bond acceptors (Lipinski definition) is 5. The Labute approximate surface area is 182 Å². The van der Waals surface area contributed by atoms with Crippen molar-refractivity contribution in [3.8, 4) is 0 Å². The third-order valence-electron chi connectivity index (χ3n) is 6.21. The Bertz CT molecular complexity index is 881.